The van der Waals surface area contributed by atoms with Gasteiger partial charge in [-0.25, -0.2) is 23.7 Å². The number of halogens is 2. The van der Waals surface area contributed by atoms with Gasteiger partial charge in [0.05, 0.1) is 18.3 Å². The Morgan fingerprint density at radius 1 is 1.15 bits per heavy atom. The van der Waals surface area contributed by atoms with Gasteiger partial charge in [0.1, 0.15) is 22.7 Å². The molecule has 0 spiro atoms. The molecule has 7 rings (SSSR count). The lowest BCUT2D eigenvalue weighted by molar-refractivity contribution is -0.148. The highest BCUT2D eigenvalue weighted by Crippen LogP contribution is 2.46. The van der Waals surface area contributed by atoms with Crippen LogP contribution >= 0.6 is 0 Å². The molecule has 11 nitrogen and oxygen atoms in total. The maximum absolute atomic E-state index is 16.2. The number of rotatable bonds is 7. The molecule has 4 aromatic rings. The van der Waals surface area contributed by atoms with Crippen molar-refractivity contribution < 1.29 is 23.5 Å². The quantitative estimate of drug-likeness (QED) is 0.271. The Bertz CT molecular complexity index is 1640. The Labute approximate surface area is 227 Å². The van der Waals surface area contributed by atoms with Gasteiger partial charge in [-0.15, -0.1) is 0 Å². The van der Waals surface area contributed by atoms with Crippen molar-refractivity contribution in [3.8, 4) is 22.6 Å². The monoisotopic (exact) mass is 550 g/mol. The molecule has 5 N–H and O–H groups in total. The lowest BCUT2D eigenvalue weighted by Gasteiger charge is -2.47. The fourth-order valence-corrected chi connectivity index (χ4v) is 6.05. The number of pyridine rings is 1. The Hall–Kier alpha value is -4.42. The zero-order chi connectivity index (χ0) is 28.3. The van der Waals surface area contributed by atoms with Gasteiger partial charge in [-0.05, 0) is 57.4 Å². The number of H-pyrrole nitrogens is 1. The Morgan fingerprint density at radius 2 is 1.88 bits per heavy atom. The van der Waals surface area contributed by atoms with E-state index >= 15 is 4.39 Å². The second-order valence-electron chi connectivity index (χ2n) is 11.1. The molecule has 1 amide bonds. The topological polar surface area (TPSA) is 165 Å². The highest BCUT2D eigenvalue weighted by Gasteiger charge is 2.47. The van der Waals surface area contributed by atoms with Gasteiger partial charge in [0, 0.05) is 34.9 Å². The van der Waals surface area contributed by atoms with Crippen LogP contribution in [0.25, 0.3) is 33.7 Å². The highest BCUT2D eigenvalue weighted by atomic mass is 19.1. The lowest BCUT2D eigenvalue weighted by Crippen LogP contribution is -2.51. The van der Waals surface area contributed by atoms with E-state index in [0.29, 0.717) is 16.6 Å². The molecule has 3 aliphatic carbocycles. The molecule has 3 fully saturated rings. The van der Waals surface area contributed by atoms with E-state index in [0.717, 1.165) is 31.9 Å². The van der Waals surface area contributed by atoms with E-state index in [1.165, 1.54) is 23.1 Å². The smallest absolute Gasteiger partial charge is 0.308 e. The summed E-state index contributed by atoms with van der Waals surface area (Å²) in [6.07, 6.45) is 8.80. The largest absolute Gasteiger partial charge is 0.481 e. The van der Waals surface area contributed by atoms with Crippen molar-refractivity contribution in [3.05, 3.63) is 42.5 Å². The number of fused-ring (bicyclic) bond motifs is 4. The van der Waals surface area contributed by atoms with Crippen LogP contribution in [0.4, 0.5) is 14.6 Å². The predicted molar refractivity (Wildman–Crippen MR) is 141 cm³/mol. The Morgan fingerprint density at radius 3 is 2.58 bits per heavy atom. The van der Waals surface area contributed by atoms with Crippen LogP contribution in [-0.4, -0.2) is 52.7 Å². The number of hydrogen-bond donors (Lipinski definition) is 4. The number of anilines is 1. The molecule has 3 aliphatic rings. The van der Waals surface area contributed by atoms with Crippen LogP contribution in [0.2, 0.25) is 0 Å². The molecule has 0 saturated heterocycles. The predicted octanol–water partition coefficient (Wildman–Crippen LogP) is 3.68. The maximum Gasteiger partial charge on any atom is 0.308 e. The summed E-state index contributed by atoms with van der Waals surface area (Å²) in [5, 5.41) is 17.8. The number of nitrogens with two attached hydrogens (primary N) is 1. The van der Waals surface area contributed by atoms with Crippen molar-refractivity contribution in [3.63, 3.8) is 0 Å². The lowest BCUT2D eigenvalue weighted by atomic mass is 9.61. The van der Waals surface area contributed by atoms with E-state index in [9.17, 15) is 19.1 Å². The normalized spacial score (nSPS) is 22.5. The van der Waals surface area contributed by atoms with Crippen LogP contribution in [0.5, 0.6) is 0 Å². The van der Waals surface area contributed by atoms with Gasteiger partial charge in [0.25, 0.3) is 0 Å². The van der Waals surface area contributed by atoms with E-state index in [4.69, 9.17) is 5.73 Å². The second-order valence-corrected chi connectivity index (χ2v) is 11.1. The molecule has 13 heteroatoms. The number of carbonyl (C=O) groups excluding carboxylic acids is 1. The minimum atomic E-state index is -1.19. The number of primary amides is 1. The van der Waals surface area contributed by atoms with Crippen LogP contribution in [0, 0.1) is 29.4 Å². The van der Waals surface area contributed by atoms with Gasteiger partial charge < -0.3 is 21.1 Å². The number of nitrogens with zero attached hydrogens (tertiary/aromatic N) is 5. The number of amides is 1. The first-order chi connectivity index (χ1) is 19.0. The molecule has 3 saturated carbocycles. The van der Waals surface area contributed by atoms with Gasteiger partial charge >= 0.3 is 5.97 Å². The van der Waals surface area contributed by atoms with Crippen molar-refractivity contribution in [2.24, 2.45) is 23.5 Å². The molecule has 40 heavy (non-hydrogen) atoms. The van der Waals surface area contributed by atoms with Gasteiger partial charge in [-0.1, -0.05) is 0 Å². The van der Waals surface area contributed by atoms with E-state index in [1.54, 1.807) is 20.0 Å². The number of aliphatic carboxylic acids is 1. The second kappa shape index (κ2) is 9.35. The van der Waals surface area contributed by atoms with Crippen molar-refractivity contribution in [1.29, 1.82) is 0 Å². The number of carbonyl (C=O) groups is 2. The average Bonchev–Trinajstić information content (AvgIpc) is 3.58. The van der Waals surface area contributed by atoms with E-state index in [2.05, 4.69) is 30.4 Å². The van der Waals surface area contributed by atoms with E-state index in [1.807, 2.05) is 0 Å². The third-order valence-corrected chi connectivity index (χ3v) is 8.43. The summed E-state index contributed by atoms with van der Waals surface area (Å²) in [7, 11) is 0. The Balaban J connectivity index is 1.50. The summed E-state index contributed by atoms with van der Waals surface area (Å²) in [4.78, 5) is 40.2. The van der Waals surface area contributed by atoms with Crippen molar-refractivity contribution >= 4 is 28.7 Å². The minimum absolute atomic E-state index is 0.000712. The number of aromatic amines is 1. The molecule has 2 bridgehead atoms. The molecule has 208 valence electrons. The van der Waals surface area contributed by atoms with Gasteiger partial charge in [-0.3, -0.25) is 14.3 Å². The number of carboxylic acid groups (broad SMARTS) is 1. The van der Waals surface area contributed by atoms with Crippen LogP contribution in [0.15, 0.2) is 30.9 Å². The molecule has 2 atom stereocenters. The summed E-state index contributed by atoms with van der Waals surface area (Å²) >= 11 is 0. The van der Waals surface area contributed by atoms with Crippen molar-refractivity contribution in [2.45, 2.75) is 51.1 Å². The summed E-state index contributed by atoms with van der Waals surface area (Å²) in [5.41, 5.74) is 5.25. The third-order valence-electron chi connectivity index (χ3n) is 8.43. The zero-order valence-electron chi connectivity index (χ0n) is 21.9. The molecule has 2 unspecified atom stereocenters. The fraction of sp³-hybridized carbons (Fsp3) is 0.407. The molecule has 0 aromatic carbocycles. The Kier molecular flexibility index (Phi) is 6.04. The number of carboxylic acids is 1. The maximum atomic E-state index is 16.2. The summed E-state index contributed by atoms with van der Waals surface area (Å²) in [5.74, 6) is -3.63. The van der Waals surface area contributed by atoms with Gasteiger partial charge in [-0.2, -0.15) is 5.10 Å². The summed E-state index contributed by atoms with van der Waals surface area (Å²) < 4.78 is 31.6. The molecule has 0 radical (unpaired) electrons. The van der Waals surface area contributed by atoms with Gasteiger partial charge in [0.2, 0.25) is 5.91 Å². The van der Waals surface area contributed by atoms with Crippen LogP contribution in [-0.2, 0) is 15.1 Å². The van der Waals surface area contributed by atoms with Crippen molar-refractivity contribution in [1.82, 2.24) is 29.7 Å². The first-order valence-corrected chi connectivity index (χ1v) is 13.1. The molecule has 4 aromatic heterocycles. The number of aromatic nitrogens is 6. The molecule has 0 aliphatic heterocycles. The highest BCUT2D eigenvalue weighted by molar-refractivity contribution is 5.92. The number of nitrogens with one attached hydrogen (secondary N) is 2. The van der Waals surface area contributed by atoms with Crippen LogP contribution in [0.3, 0.4) is 0 Å². The van der Waals surface area contributed by atoms with Crippen LogP contribution in [0.1, 0.15) is 39.5 Å². The molecular formula is C27H28F2N8O3. The van der Waals surface area contributed by atoms with Crippen molar-refractivity contribution in [2.75, 3.05) is 5.32 Å². The van der Waals surface area contributed by atoms with E-state index < -0.39 is 41.0 Å². The minimum Gasteiger partial charge on any atom is -0.481 e. The standard InChI is InChI=1S/C27H28F2N8O3/c1-27(2,26(30)40)37-11-14(8-33-37)21-19(29)24(34-20-13-5-3-12(4-6-13)18(20)25(38)39)36-23(35-21)17-10-32-22-16(17)7-15(28)9-31-22/h7-13,18,20H,3-6H2,1-2H3,(H2,30,40)(H,31,32)(H,38,39)(H,34,35,36). The fourth-order valence-electron chi connectivity index (χ4n) is 6.05. The molecular weight excluding hydrogens is 522 g/mol. The first kappa shape index (κ1) is 25.8. The molecule has 4 heterocycles. The summed E-state index contributed by atoms with van der Waals surface area (Å²) in [6.45, 7) is 3.16. The van der Waals surface area contributed by atoms with Gasteiger partial charge in [0.15, 0.2) is 17.5 Å². The van der Waals surface area contributed by atoms with E-state index in [-0.39, 0.29) is 34.7 Å². The average molecular weight is 551 g/mol. The van der Waals surface area contributed by atoms with Crippen LogP contribution < -0.4 is 11.1 Å². The first-order valence-electron chi connectivity index (χ1n) is 13.1. The summed E-state index contributed by atoms with van der Waals surface area (Å²) in [6, 6.07) is 0.760. The number of hydrogen-bond acceptors (Lipinski definition) is 7. The zero-order valence-corrected chi connectivity index (χ0v) is 21.9. The SMILES string of the molecule is CC(C)(C(N)=O)n1cc(-c2nc(-c3c[nH]c4ncc(F)cc34)nc(NC3C4CCC(CC4)C3C(=O)O)c2F)cn1. The third kappa shape index (κ3) is 4.16.